The van der Waals surface area contributed by atoms with Crippen molar-refractivity contribution in [2.45, 2.75) is 35.3 Å². The molecule has 0 saturated heterocycles. The second-order valence-electron chi connectivity index (χ2n) is 7.29. The van der Waals surface area contributed by atoms with Crippen molar-refractivity contribution in [3.63, 3.8) is 0 Å². The van der Waals surface area contributed by atoms with Crippen LogP contribution >= 0.6 is 0 Å². The Morgan fingerprint density at radius 3 is 2.19 bits per heavy atom. The van der Waals surface area contributed by atoms with Crippen molar-refractivity contribution in [3.05, 3.63) is 89.7 Å². The molecule has 0 aliphatic heterocycles. The van der Waals surface area contributed by atoms with Crippen molar-refractivity contribution in [2.75, 3.05) is 6.54 Å². The first-order valence-corrected chi connectivity index (χ1v) is 11.2. The number of aliphatic hydroxyl groups excluding tert-OH is 1. The number of aliphatic hydroxyl groups is 1. The largest absolute Gasteiger partial charge is 0.478 e. The molecule has 3 N–H and O–H groups in total. The Kier molecular flexibility index (Phi) is 7.17. The van der Waals surface area contributed by atoms with Gasteiger partial charge in [0.2, 0.25) is 9.84 Å². The highest BCUT2D eigenvalue weighted by atomic mass is 32.2. The third-order valence-electron chi connectivity index (χ3n) is 4.92. The van der Waals surface area contributed by atoms with Crippen molar-refractivity contribution in [1.29, 1.82) is 0 Å². The number of benzene rings is 2. The molecule has 0 saturated carbocycles. The van der Waals surface area contributed by atoms with Crippen molar-refractivity contribution in [1.82, 2.24) is 10.3 Å². The minimum Gasteiger partial charge on any atom is -0.478 e. The molecule has 2 atom stereocenters. The standard InChI is InChI=1S/C23H24N2O5S/c1-16(25-15-22(26)19-3-2-12-24-14-19)13-17-4-8-20(9-5-17)31(29,30)21-10-6-18(7-11-21)23(27)28/h2-12,14,16,22,25-26H,13,15H2,1H3,(H,27,28)/t16-,22+/m1/s1. The fourth-order valence-corrected chi connectivity index (χ4v) is 4.41. The van der Waals surface area contributed by atoms with Crippen LogP contribution in [0.3, 0.4) is 0 Å². The van der Waals surface area contributed by atoms with E-state index in [4.69, 9.17) is 5.11 Å². The van der Waals surface area contributed by atoms with Crippen LogP contribution in [0.2, 0.25) is 0 Å². The molecule has 162 valence electrons. The van der Waals surface area contributed by atoms with Crippen LogP contribution in [-0.2, 0) is 16.3 Å². The summed E-state index contributed by atoms with van der Waals surface area (Å²) >= 11 is 0. The monoisotopic (exact) mass is 440 g/mol. The molecule has 2 aromatic carbocycles. The zero-order valence-electron chi connectivity index (χ0n) is 17.0. The molecule has 31 heavy (non-hydrogen) atoms. The average Bonchev–Trinajstić information content (AvgIpc) is 2.78. The number of sulfone groups is 1. The summed E-state index contributed by atoms with van der Waals surface area (Å²) in [4.78, 5) is 15.1. The molecule has 8 heteroatoms. The summed E-state index contributed by atoms with van der Waals surface area (Å²) in [6, 6.07) is 15.4. The molecule has 1 aromatic heterocycles. The maximum Gasteiger partial charge on any atom is 0.335 e. The van der Waals surface area contributed by atoms with E-state index < -0.39 is 21.9 Å². The number of carboxylic acids is 1. The predicted molar refractivity (Wildman–Crippen MR) is 116 cm³/mol. The summed E-state index contributed by atoms with van der Waals surface area (Å²) < 4.78 is 25.5. The number of aromatic carboxylic acids is 1. The molecule has 3 aromatic rings. The average molecular weight is 441 g/mol. The molecule has 0 aliphatic carbocycles. The van der Waals surface area contributed by atoms with Gasteiger partial charge in [-0.2, -0.15) is 0 Å². The van der Waals surface area contributed by atoms with Crippen LogP contribution in [0.1, 0.15) is 34.5 Å². The molecular formula is C23H24N2O5S. The van der Waals surface area contributed by atoms with Gasteiger partial charge in [-0.05, 0) is 61.4 Å². The number of rotatable bonds is 9. The van der Waals surface area contributed by atoms with Gasteiger partial charge in [0.15, 0.2) is 0 Å². The number of carboxylic acid groups (broad SMARTS) is 1. The zero-order chi connectivity index (χ0) is 22.4. The Hall–Kier alpha value is -3.07. The number of nitrogens with one attached hydrogen (secondary N) is 1. The molecular weight excluding hydrogens is 416 g/mol. The van der Waals surface area contributed by atoms with Gasteiger partial charge in [-0.3, -0.25) is 4.98 Å². The number of nitrogens with zero attached hydrogens (tertiary/aromatic N) is 1. The minimum atomic E-state index is -3.73. The molecule has 0 bridgehead atoms. The van der Waals surface area contributed by atoms with Gasteiger partial charge in [0.05, 0.1) is 21.5 Å². The maximum atomic E-state index is 12.8. The highest BCUT2D eigenvalue weighted by Crippen LogP contribution is 2.22. The first-order valence-electron chi connectivity index (χ1n) is 9.76. The third-order valence-corrected chi connectivity index (χ3v) is 6.70. The summed E-state index contributed by atoms with van der Waals surface area (Å²) in [6.45, 7) is 2.37. The number of hydrogen-bond acceptors (Lipinski definition) is 6. The van der Waals surface area contributed by atoms with Gasteiger partial charge in [0.1, 0.15) is 0 Å². The third kappa shape index (κ3) is 5.75. The van der Waals surface area contributed by atoms with Gasteiger partial charge in [-0.1, -0.05) is 18.2 Å². The number of carbonyl (C=O) groups is 1. The van der Waals surface area contributed by atoms with E-state index >= 15 is 0 Å². The first kappa shape index (κ1) is 22.6. The van der Waals surface area contributed by atoms with Gasteiger partial charge in [0, 0.05) is 30.5 Å². The van der Waals surface area contributed by atoms with Crippen LogP contribution in [0.5, 0.6) is 0 Å². The molecule has 0 unspecified atom stereocenters. The van der Waals surface area contributed by atoms with Crippen LogP contribution in [0.4, 0.5) is 0 Å². The first-order chi connectivity index (χ1) is 14.8. The molecule has 0 aliphatic rings. The number of aromatic nitrogens is 1. The van der Waals surface area contributed by atoms with Crippen molar-refractivity contribution in [2.24, 2.45) is 0 Å². The van der Waals surface area contributed by atoms with E-state index in [2.05, 4.69) is 10.3 Å². The van der Waals surface area contributed by atoms with Crippen molar-refractivity contribution >= 4 is 15.8 Å². The van der Waals surface area contributed by atoms with Crippen molar-refractivity contribution < 1.29 is 23.4 Å². The topological polar surface area (TPSA) is 117 Å². The molecule has 7 nitrogen and oxygen atoms in total. The van der Waals surface area contributed by atoms with E-state index in [-0.39, 0.29) is 21.4 Å². The predicted octanol–water partition coefficient (Wildman–Crippen LogP) is 2.87. The number of hydrogen-bond donors (Lipinski definition) is 3. The van der Waals surface area contributed by atoms with Crippen LogP contribution in [0.25, 0.3) is 0 Å². The lowest BCUT2D eigenvalue weighted by Crippen LogP contribution is -2.32. The molecule has 0 radical (unpaired) electrons. The summed E-state index contributed by atoms with van der Waals surface area (Å²) in [5.74, 6) is -1.11. The Labute approximate surface area is 181 Å². The van der Waals surface area contributed by atoms with E-state index in [0.717, 1.165) is 11.1 Å². The lowest BCUT2D eigenvalue weighted by Gasteiger charge is -2.17. The van der Waals surface area contributed by atoms with Crippen LogP contribution in [-0.4, -0.2) is 42.2 Å². The lowest BCUT2D eigenvalue weighted by atomic mass is 10.1. The van der Waals surface area contributed by atoms with Gasteiger partial charge < -0.3 is 15.5 Å². The molecule has 3 rings (SSSR count). The molecule has 0 spiro atoms. The zero-order valence-corrected chi connectivity index (χ0v) is 17.8. The SMILES string of the molecule is C[C@H](Cc1ccc(S(=O)(=O)c2ccc(C(=O)O)cc2)cc1)NC[C@H](O)c1cccnc1. The highest BCUT2D eigenvalue weighted by molar-refractivity contribution is 7.91. The molecule has 1 heterocycles. The normalized spacial score (nSPS) is 13.5. The van der Waals surface area contributed by atoms with Crippen LogP contribution in [0, 0.1) is 0 Å². The van der Waals surface area contributed by atoms with E-state index in [1.807, 2.05) is 13.0 Å². The summed E-state index contributed by atoms with van der Waals surface area (Å²) in [5.41, 5.74) is 1.73. The lowest BCUT2D eigenvalue weighted by molar-refractivity contribution is 0.0696. The van der Waals surface area contributed by atoms with E-state index in [1.165, 1.54) is 24.3 Å². The maximum absolute atomic E-state index is 12.8. The van der Waals surface area contributed by atoms with Crippen molar-refractivity contribution in [3.8, 4) is 0 Å². The Bertz CT molecular complexity index is 1110. The second-order valence-corrected chi connectivity index (χ2v) is 9.24. The summed E-state index contributed by atoms with van der Waals surface area (Å²) in [7, 11) is -3.73. The van der Waals surface area contributed by atoms with Gasteiger partial charge >= 0.3 is 5.97 Å². The fraction of sp³-hybridized carbons (Fsp3) is 0.217. The van der Waals surface area contributed by atoms with Crippen LogP contribution in [0.15, 0.2) is 82.8 Å². The molecule has 0 amide bonds. The van der Waals surface area contributed by atoms with E-state index in [1.54, 1.807) is 42.7 Å². The second kappa shape index (κ2) is 9.82. The number of pyridine rings is 1. The van der Waals surface area contributed by atoms with Crippen LogP contribution < -0.4 is 5.32 Å². The van der Waals surface area contributed by atoms with Gasteiger partial charge in [-0.25, -0.2) is 13.2 Å². The summed E-state index contributed by atoms with van der Waals surface area (Å²) in [6.07, 6.45) is 3.29. The highest BCUT2D eigenvalue weighted by Gasteiger charge is 2.18. The van der Waals surface area contributed by atoms with Gasteiger partial charge in [0.25, 0.3) is 0 Å². The fourth-order valence-electron chi connectivity index (χ4n) is 3.15. The quantitative estimate of drug-likeness (QED) is 0.468. The Morgan fingerprint density at radius 1 is 1.03 bits per heavy atom. The minimum absolute atomic E-state index is 0.0319. The smallest absolute Gasteiger partial charge is 0.335 e. The summed E-state index contributed by atoms with van der Waals surface area (Å²) in [5, 5.41) is 22.4. The molecule has 0 fully saturated rings. The van der Waals surface area contributed by atoms with E-state index in [0.29, 0.717) is 13.0 Å². The Morgan fingerprint density at radius 2 is 1.65 bits per heavy atom. The van der Waals surface area contributed by atoms with E-state index in [9.17, 15) is 18.3 Å². The Balaban J connectivity index is 1.60. The van der Waals surface area contributed by atoms with Gasteiger partial charge in [-0.15, -0.1) is 0 Å².